The highest BCUT2D eigenvalue weighted by Crippen LogP contribution is 2.31. The van der Waals surface area contributed by atoms with Gasteiger partial charge in [0.15, 0.2) is 0 Å². The van der Waals surface area contributed by atoms with Gasteiger partial charge in [0.25, 0.3) is 5.56 Å². The van der Waals surface area contributed by atoms with Gasteiger partial charge in [0.05, 0.1) is 24.0 Å². The Morgan fingerprint density at radius 2 is 2.33 bits per heavy atom. The first-order valence-electron chi connectivity index (χ1n) is 7.49. The van der Waals surface area contributed by atoms with Crippen LogP contribution in [0.3, 0.4) is 0 Å². The first-order valence-corrected chi connectivity index (χ1v) is 8.28. The third kappa shape index (κ3) is 3.14. The van der Waals surface area contributed by atoms with Crippen LogP contribution in [0.2, 0.25) is 0 Å². The Balaban J connectivity index is 1.73. The van der Waals surface area contributed by atoms with Crippen molar-refractivity contribution in [2.75, 3.05) is 11.9 Å². The Kier molecular flexibility index (Phi) is 4.33. The van der Waals surface area contributed by atoms with Gasteiger partial charge in [-0.2, -0.15) is 5.10 Å². The highest BCUT2D eigenvalue weighted by Gasteiger charge is 2.39. The number of hydrogen-bond donors (Lipinski definition) is 2. The minimum Gasteiger partial charge on any atom is -0.376 e. The molecule has 0 aliphatic heterocycles. The van der Waals surface area contributed by atoms with Crippen molar-refractivity contribution in [2.24, 2.45) is 11.7 Å². The van der Waals surface area contributed by atoms with Gasteiger partial charge in [-0.05, 0) is 48.0 Å². The normalized spacial score (nSPS) is 28.2. The van der Waals surface area contributed by atoms with Crippen molar-refractivity contribution in [1.82, 2.24) is 9.78 Å². The predicted octanol–water partition coefficient (Wildman–Crippen LogP) is 1.33. The predicted molar refractivity (Wildman–Crippen MR) is 84.3 cm³/mol. The second kappa shape index (κ2) is 6.06. The van der Waals surface area contributed by atoms with E-state index in [0.717, 1.165) is 6.42 Å². The van der Waals surface area contributed by atoms with E-state index in [1.165, 1.54) is 17.5 Å². The molecule has 3 rings (SSSR count). The molecule has 1 aromatic rings. The van der Waals surface area contributed by atoms with Crippen molar-refractivity contribution in [3.05, 3.63) is 21.0 Å². The highest BCUT2D eigenvalue weighted by molar-refractivity contribution is 9.10. The molecule has 21 heavy (non-hydrogen) atoms. The van der Waals surface area contributed by atoms with E-state index in [-0.39, 0.29) is 23.7 Å². The molecule has 2 fully saturated rings. The van der Waals surface area contributed by atoms with Crippen LogP contribution in [0, 0.1) is 5.92 Å². The Morgan fingerprint density at radius 3 is 2.95 bits per heavy atom. The molecule has 3 unspecified atom stereocenters. The van der Waals surface area contributed by atoms with Gasteiger partial charge >= 0.3 is 0 Å². The highest BCUT2D eigenvalue weighted by atomic mass is 79.9. The minimum absolute atomic E-state index is 0.0294. The van der Waals surface area contributed by atoms with Crippen LogP contribution in [0.25, 0.3) is 0 Å². The zero-order valence-electron chi connectivity index (χ0n) is 12.1. The second-order valence-corrected chi connectivity index (χ2v) is 6.66. The number of halogens is 1. The summed E-state index contributed by atoms with van der Waals surface area (Å²) in [6.07, 6.45) is 5.03. The zero-order chi connectivity index (χ0) is 15.0. The van der Waals surface area contributed by atoms with Crippen LogP contribution in [0.4, 0.5) is 5.69 Å². The molecular formula is C14H21BrN4O2. The van der Waals surface area contributed by atoms with Crippen molar-refractivity contribution >= 4 is 21.6 Å². The van der Waals surface area contributed by atoms with Crippen LogP contribution in [-0.4, -0.2) is 34.6 Å². The van der Waals surface area contributed by atoms with Crippen LogP contribution in [0.1, 0.15) is 26.2 Å². The summed E-state index contributed by atoms with van der Waals surface area (Å²) in [5, 5.41) is 7.55. The van der Waals surface area contributed by atoms with Crippen molar-refractivity contribution < 1.29 is 4.74 Å². The van der Waals surface area contributed by atoms with Crippen molar-refractivity contribution in [1.29, 1.82) is 0 Å². The summed E-state index contributed by atoms with van der Waals surface area (Å²) < 4.78 is 7.68. The molecule has 3 atom stereocenters. The Labute approximate surface area is 132 Å². The van der Waals surface area contributed by atoms with Gasteiger partial charge in [0, 0.05) is 19.2 Å². The third-order valence-corrected chi connectivity index (χ3v) is 4.95. The molecule has 0 amide bonds. The Bertz CT molecular complexity index is 571. The molecule has 2 aliphatic carbocycles. The van der Waals surface area contributed by atoms with Crippen LogP contribution < -0.4 is 16.6 Å². The number of aromatic nitrogens is 2. The fraction of sp³-hybridized carbons (Fsp3) is 0.714. The summed E-state index contributed by atoms with van der Waals surface area (Å²) in [7, 11) is 0. The number of rotatable bonds is 6. The molecule has 3 N–H and O–H groups in total. The fourth-order valence-electron chi connectivity index (χ4n) is 2.65. The number of nitrogens with one attached hydrogen (secondary N) is 1. The molecule has 0 saturated heterocycles. The van der Waals surface area contributed by atoms with Gasteiger partial charge < -0.3 is 15.8 Å². The standard InChI is InChI=1S/C14H21BrN4O2/c1-2-21-11-5-9(16)13(11)18-10-6-17-19(7-8-3-4-8)14(20)12(10)15/h6,8-9,11,13,18H,2-5,7,16H2,1H3. The maximum absolute atomic E-state index is 12.3. The average molecular weight is 357 g/mol. The number of ether oxygens (including phenoxy) is 1. The number of anilines is 1. The molecule has 2 aliphatic rings. The molecule has 1 heterocycles. The van der Waals surface area contributed by atoms with Crippen LogP contribution >= 0.6 is 15.9 Å². The summed E-state index contributed by atoms with van der Waals surface area (Å²) in [4.78, 5) is 12.3. The van der Waals surface area contributed by atoms with E-state index in [4.69, 9.17) is 10.5 Å². The monoisotopic (exact) mass is 356 g/mol. The van der Waals surface area contributed by atoms with E-state index >= 15 is 0 Å². The molecule has 0 radical (unpaired) electrons. The van der Waals surface area contributed by atoms with Gasteiger partial charge in [-0.1, -0.05) is 0 Å². The van der Waals surface area contributed by atoms with Gasteiger partial charge in [-0.3, -0.25) is 4.79 Å². The van der Waals surface area contributed by atoms with E-state index in [1.807, 2.05) is 6.92 Å². The lowest BCUT2D eigenvalue weighted by Crippen LogP contribution is -2.60. The van der Waals surface area contributed by atoms with Gasteiger partial charge in [0.1, 0.15) is 4.47 Å². The largest absolute Gasteiger partial charge is 0.376 e. The summed E-state index contributed by atoms with van der Waals surface area (Å²) >= 11 is 3.38. The van der Waals surface area contributed by atoms with Crippen molar-refractivity contribution in [2.45, 2.75) is 50.9 Å². The molecule has 0 spiro atoms. The lowest BCUT2D eigenvalue weighted by atomic mass is 9.83. The van der Waals surface area contributed by atoms with E-state index in [1.54, 1.807) is 6.20 Å². The van der Waals surface area contributed by atoms with Crippen LogP contribution in [0.5, 0.6) is 0 Å². The maximum atomic E-state index is 12.3. The molecule has 0 bridgehead atoms. The lowest BCUT2D eigenvalue weighted by Gasteiger charge is -2.43. The smallest absolute Gasteiger partial charge is 0.283 e. The fourth-order valence-corrected chi connectivity index (χ4v) is 3.07. The van der Waals surface area contributed by atoms with Crippen LogP contribution in [-0.2, 0) is 11.3 Å². The second-order valence-electron chi connectivity index (χ2n) is 5.87. The summed E-state index contributed by atoms with van der Waals surface area (Å²) in [5.41, 5.74) is 6.62. The molecule has 116 valence electrons. The molecule has 2 saturated carbocycles. The Morgan fingerprint density at radius 1 is 1.57 bits per heavy atom. The number of hydrogen-bond acceptors (Lipinski definition) is 5. The van der Waals surface area contributed by atoms with E-state index < -0.39 is 0 Å². The van der Waals surface area contributed by atoms with Crippen LogP contribution in [0.15, 0.2) is 15.5 Å². The summed E-state index contributed by atoms with van der Waals surface area (Å²) in [6.45, 7) is 3.34. The summed E-state index contributed by atoms with van der Waals surface area (Å²) in [5.74, 6) is 0.614. The van der Waals surface area contributed by atoms with Crippen molar-refractivity contribution in [3.63, 3.8) is 0 Å². The van der Waals surface area contributed by atoms with E-state index in [2.05, 4.69) is 26.3 Å². The molecular weight excluding hydrogens is 336 g/mol. The lowest BCUT2D eigenvalue weighted by molar-refractivity contribution is -0.0126. The van der Waals surface area contributed by atoms with E-state index in [9.17, 15) is 4.79 Å². The van der Waals surface area contributed by atoms with E-state index in [0.29, 0.717) is 29.2 Å². The number of nitrogens with two attached hydrogens (primary N) is 1. The molecule has 7 heteroatoms. The Hall–Kier alpha value is -0.920. The maximum Gasteiger partial charge on any atom is 0.283 e. The minimum atomic E-state index is -0.0900. The third-order valence-electron chi connectivity index (χ3n) is 4.18. The van der Waals surface area contributed by atoms with Crippen molar-refractivity contribution in [3.8, 4) is 0 Å². The van der Waals surface area contributed by atoms with Gasteiger partial charge in [-0.25, -0.2) is 4.68 Å². The van der Waals surface area contributed by atoms with Gasteiger partial charge in [-0.15, -0.1) is 0 Å². The first kappa shape index (κ1) is 15.0. The molecule has 6 nitrogen and oxygen atoms in total. The average Bonchev–Trinajstić information content (AvgIpc) is 3.27. The molecule has 0 aromatic carbocycles. The molecule has 1 aromatic heterocycles. The zero-order valence-corrected chi connectivity index (χ0v) is 13.7. The summed E-state index contributed by atoms with van der Waals surface area (Å²) in [6, 6.07) is 0.0732. The first-order chi connectivity index (χ1) is 10.1. The van der Waals surface area contributed by atoms with Gasteiger partial charge in [0.2, 0.25) is 0 Å². The topological polar surface area (TPSA) is 82.2 Å². The SMILES string of the molecule is CCOC1CC(N)C1Nc1cnn(CC2CC2)c(=O)c1Br. The number of nitrogens with zero attached hydrogens (tertiary/aromatic N) is 2. The quantitative estimate of drug-likeness (QED) is 0.803.